The number of imidazole rings is 1. The van der Waals surface area contributed by atoms with Crippen LogP contribution in [0, 0.1) is 0 Å². The molecule has 1 aromatic rings. The third-order valence-corrected chi connectivity index (χ3v) is 2.93. The summed E-state index contributed by atoms with van der Waals surface area (Å²) >= 11 is 0. The molecule has 1 aromatic heterocycles. The largest absolute Gasteiger partial charge is 0.443 e. The molecule has 10 nitrogen and oxygen atoms in total. The molecule has 0 saturated carbocycles. The zero-order chi connectivity index (χ0) is 14.9. The minimum Gasteiger partial charge on any atom is -0.443 e. The maximum atomic E-state index is 11.1. The maximum Gasteiger partial charge on any atom is 0.270 e. The Morgan fingerprint density at radius 1 is 1.40 bits per heavy atom. The third-order valence-electron chi connectivity index (χ3n) is 2.93. The van der Waals surface area contributed by atoms with E-state index in [2.05, 4.69) is 9.97 Å². The Bertz CT molecular complexity index is 477. The molecular weight excluding hydrogens is 274 g/mol. The summed E-state index contributed by atoms with van der Waals surface area (Å²) in [5.74, 6) is -1.05. The van der Waals surface area contributed by atoms with Gasteiger partial charge < -0.3 is 40.6 Å². The zero-order valence-electron chi connectivity index (χ0n) is 10.2. The second-order valence-electron chi connectivity index (χ2n) is 4.26. The van der Waals surface area contributed by atoms with Crippen molar-refractivity contribution in [1.29, 1.82) is 0 Å². The highest BCUT2D eigenvalue weighted by Crippen LogP contribution is 2.24. The highest BCUT2D eigenvalue weighted by atomic mass is 16.7. The molecule has 2 heterocycles. The van der Waals surface area contributed by atoms with Crippen LogP contribution in [0.5, 0.6) is 5.88 Å². The predicted octanol–water partition coefficient (Wildman–Crippen LogP) is -3.31. The van der Waals surface area contributed by atoms with Crippen molar-refractivity contribution in [2.45, 2.75) is 30.7 Å². The molecule has 1 fully saturated rings. The normalized spacial score (nSPS) is 33.9. The third kappa shape index (κ3) is 2.59. The van der Waals surface area contributed by atoms with Crippen molar-refractivity contribution in [2.75, 3.05) is 6.61 Å². The summed E-state index contributed by atoms with van der Waals surface area (Å²) in [6.07, 6.45) is -6.06. The summed E-state index contributed by atoms with van der Waals surface area (Å²) in [5, 5.41) is 38.0. The van der Waals surface area contributed by atoms with E-state index in [0.717, 1.165) is 6.33 Å². The lowest BCUT2D eigenvalue weighted by molar-refractivity contribution is -0.278. The average molecular weight is 289 g/mol. The first-order valence-corrected chi connectivity index (χ1v) is 5.76. The van der Waals surface area contributed by atoms with Crippen LogP contribution in [-0.4, -0.2) is 73.6 Å². The van der Waals surface area contributed by atoms with E-state index in [9.17, 15) is 20.1 Å². The molecule has 112 valence electrons. The molecule has 0 aromatic carbocycles. The van der Waals surface area contributed by atoms with Gasteiger partial charge in [0.25, 0.3) is 5.91 Å². The van der Waals surface area contributed by atoms with Crippen molar-refractivity contribution >= 4 is 5.91 Å². The van der Waals surface area contributed by atoms with E-state index in [1.54, 1.807) is 0 Å². The fourth-order valence-corrected chi connectivity index (χ4v) is 1.82. The number of amides is 1. The summed E-state index contributed by atoms with van der Waals surface area (Å²) in [6.45, 7) is -0.589. The summed E-state index contributed by atoms with van der Waals surface area (Å²) in [6, 6.07) is 0. The molecule has 5 atom stereocenters. The number of nitrogens with two attached hydrogens (primary N) is 1. The van der Waals surface area contributed by atoms with Gasteiger partial charge in [0.1, 0.15) is 24.4 Å². The Morgan fingerprint density at radius 3 is 2.70 bits per heavy atom. The van der Waals surface area contributed by atoms with Crippen LogP contribution in [0.4, 0.5) is 0 Å². The van der Waals surface area contributed by atoms with Crippen LogP contribution in [0.15, 0.2) is 6.33 Å². The minimum atomic E-state index is -1.59. The maximum absolute atomic E-state index is 11.1. The van der Waals surface area contributed by atoms with Gasteiger partial charge in [0.2, 0.25) is 12.2 Å². The summed E-state index contributed by atoms with van der Waals surface area (Å²) in [4.78, 5) is 17.2. The molecule has 10 heteroatoms. The van der Waals surface area contributed by atoms with Gasteiger partial charge >= 0.3 is 0 Å². The Kier molecular flexibility index (Phi) is 4.20. The molecule has 0 radical (unpaired) electrons. The average Bonchev–Trinajstić information content (AvgIpc) is 2.87. The number of primary amides is 1. The van der Waals surface area contributed by atoms with Crippen LogP contribution in [0.25, 0.3) is 0 Å². The second-order valence-corrected chi connectivity index (χ2v) is 4.26. The number of hydrogen-bond acceptors (Lipinski definition) is 8. The topological polar surface area (TPSA) is 171 Å². The van der Waals surface area contributed by atoms with Crippen LogP contribution in [-0.2, 0) is 4.74 Å². The van der Waals surface area contributed by atoms with Crippen LogP contribution in [0.3, 0.4) is 0 Å². The van der Waals surface area contributed by atoms with Crippen LogP contribution in [0.1, 0.15) is 10.5 Å². The number of nitrogens with zero attached hydrogens (tertiary/aromatic N) is 1. The molecule has 0 unspecified atom stereocenters. The van der Waals surface area contributed by atoms with Crippen LogP contribution >= 0.6 is 0 Å². The molecule has 0 bridgehead atoms. The van der Waals surface area contributed by atoms with Crippen molar-refractivity contribution < 1.29 is 34.7 Å². The molecule has 7 N–H and O–H groups in total. The van der Waals surface area contributed by atoms with E-state index in [1.807, 2.05) is 0 Å². The van der Waals surface area contributed by atoms with Crippen molar-refractivity contribution in [1.82, 2.24) is 9.97 Å². The molecule has 1 saturated heterocycles. The van der Waals surface area contributed by atoms with Gasteiger partial charge in [0.15, 0.2) is 5.69 Å². The number of H-pyrrole nitrogens is 1. The van der Waals surface area contributed by atoms with Gasteiger partial charge in [-0.05, 0) is 0 Å². The summed E-state index contributed by atoms with van der Waals surface area (Å²) in [7, 11) is 0. The minimum absolute atomic E-state index is 0.137. The van der Waals surface area contributed by atoms with Gasteiger partial charge in [-0.15, -0.1) is 0 Å². The van der Waals surface area contributed by atoms with Gasteiger partial charge in [0, 0.05) is 0 Å². The Labute approximate surface area is 112 Å². The Hall–Kier alpha value is -1.72. The number of hydrogen-bond donors (Lipinski definition) is 6. The molecular formula is C10H15N3O7. The number of nitrogens with one attached hydrogen (secondary N) is 1. The number of carbonyl (C=O) groups is 1. The van der Waals surface area contributed by atoms with Crippen molar-refractivity contribution in [2.24, 2.45) is 5.73 Å². The number of carbonyl (C=O) groups excluding carboxylic acids is 1. The van der Waals surface area contributed by atoms with Gasteiger partial charge in [-0.1, -0.05) is 0 Å². The molecule has 1 amide bonds. The van der Waals surface area contributed by atoms with Crippen molar-refractivity contribution in [3.63, 3.8) is 0 Å². The number of aromatic amines is 1. The van der Waals surface area contributed by atoms with E-state index >= 15 is 0 Å². The Morgan fingerprint density at radius 2 is 2.10 bits per heavy atom. The highest BCUT2D eigenvalue weighted by Gasteiger charge is 2.45. The zero-order valence-corrected chi connectivity index (χ0v) is 10.2. The van der Waals surface area contributed by atoms with Crippen molar-refractivity contribution in [3.8, 4) is 5.88 Å². The van der Waals surface area contributed by atoms with Gasteiger partial charge in [0.05, 0.1) is 12.9 Å². The molecule has 0 aliphatic carbocycles. The van der Waals surface area contributed by atoms with E-state index in [1.165, 1.54) is 0 Å². The number of aliphatic hydroxyl groups excluding tert-OH is 4. The fourth-order valence-electron chi connectivity index (χ4n) is 1.82. The van der Waals surface area contributed by atoms with Gasteiger partial charge in [-0.3, -0.25) is 4.79 Å². The number of aromatic nitrogens is 2. The van der Waals surface area contributed by atoms with Gasteiger partial charge in [-0.2, -0.15) is 0 Å². The van der Waals surface area contributed by atoms with E-state index in [-0.39, 0.29) is 11.6 Å². The summed E-state index contributed by atoms with van der Waals surface area (Å²) in [5.41, 5.74) is 4.94. The van der Waals surface area contributed by atoms with E-state index in [0.29, 0.717) is 0 Å². The van der Waals surface area contributed by atoms with Crippen molar-refractivity contribution in [3.05, 3.63) is 12.0 Å². The lowest BCUT2D eigenvalue weighted by atomic mass is 9.99. The monoisotopic (exact) mass is 289 g/mol. The molecule has 20 heavy (non-hydrogen) atoms. The fraction of sp³-hybridized carbons (Fsp3) is 0.600. The molecule has 2 rings (SSSR count). The SMILES string of the molecule is NC(=O)c1[nH]cnc1O[C@@H]1O[C@H](CO)[C@@H](O)[C@H](O)[C@@H]1O. The summed E-state index contributed by atoms with van der Waals surface area (Å²) < 4.78 is 10.3. The lowest BCUT2D eigenvalue weighted by Crippen LogP contribution is -2.60. The highest BCUT2D eigenvalue weighted by molar-refractivity contribution is 5.93. The predicted molar refractivity (Wildman–Crippen MR) is 61.5 cm³/mol. The first-order chi connectivity index (χ1) is 9.45. The lowest BCUT2D eigenvalue weighted by Gasteiger charge is -2.39. The van der Waals surface area contributed by atoms with Crippen LogP contribution < -0.4 is 10.5 Å². The quantitative estimate of drug-likeness (QED) is 0.334. The Balaban J connectivity index is 2.15. The molecule has 1 aliphatic rings. The van der Waals surface area contributed by atoms with E-state index in [4.69, 9.17) is 20.3 Å². The van der Waals surface area contributed by atoms with E-state index < -0.39 is 43.2 Å². The number of ether oxygens (including phenoxy) is 2. The number of rotatable bonds is 4. The first kappa shape index (κ1) is 14.7. The molecule has 1 aliphatic heterocycles. The van der Waals surface area contributed by atoms with Crippen LogP contribution in [0.2, 0.25) is 0 Å². The molecule has 0 spiro atoms. The second kappa shape index (κ2) is 5.73. The van der Waals surface area contributed by atoms with Gasteiger partial charge in [-0.25, -0.2) is 4.98 Å². The first-order valence-electron chi connectivity index (χ1n) is 5.76. The number of aliphatic hydroxyl groups is 4. The smallest absolute Gasteiger partial charge is 0.270 e. The standard InChI is InChI=1S/C10H15N3O7/c11-8(18)4-9(13-2-12-4)20-10-7(17)6(16)5(15)3(1-14)19-10/h2-3,5-7,10,14-17H,1H2,(H2,11,18)(H,12,13)/t3-,5-,6+,7+,10+/m1/s1.